The van der Waals surface area contributed by atoms with E-state index in [-0.39, 0.29) is 6.04 Å². The molecule has 0 saturated carbocycles. The summed E-state index contributed by atoms with van der Waals surface area (Å²) in [6, 6.07) is 6.65. The number of nitrogens with zero attached hydrogens (tertiary/aromatic N) is 3. The molecular formula is C17H26N4. The Morgan fingerprint density at radius 2 is 1.95 bits per heavy atom. The first-order valence-electron chi connectivity index (χ1n) is 7.40. The van der Waals surface area contributed by atoms with Crippen LogP contribution in [0.5, 0.6) is 0 Å². The van der Waals surface area contributed by atoms with Gasteiger partial charge in [-0.1, -0.05) is 17.7 Å². The average molecular weight is 286 g/mol. The molecule has 114 valence electrons. The van der Waals surface area contributed by atoms with Crippen LogP contribution in [0.2, 0.25) is 0 Å². The molecule has 0 aliphatic heterocycles. The summed E-state index contributed by atoms with van der Waals surface area (Å²) in [7, 11) is 4.09. The second-order valence-corrected chi connectivity index (χ2v) is 6.04. The minimum Gasteiger partial charge on any atom is -0.329 e. The summed E-state index contributed by atoms with van der Waals surface area (Å²) >= 11 is 0. The van der Waals surface area contributed by atoms with Crippen molar-refractivity contribution < 1.29 is 0 Å². The van der Waals surface area contributed by atoms with Gasteiger partial charge in [0.1, 0.15) is 5.82 Å². The Morgan fingerprint density at radius 3 is 2.52 bits per heavy atom. The maximum absolute atomic E-state index is 6.00. The second-order valence-electron chi connectivity index (χ2n) is 6.04. The van der Waals surface area contributed by atoms with Crippen molar-refractivity contribution in [2.75, 3.05) is 11.9 Å². The summed E-state index contributed by atoms with van der Waals surface area (Å²) in [4.78, 5) is 2.21. The molecule has 1 atom stereocenters. The maximum Gasteiger partial charge on any atom is 0.134 e. The van der Waals surface area contributed by atoms with Crippen LogP contribution in [0, 0.1) is 20.8 Å². The van der Waals surface area contributed by atoms with E-state index in [9.17, 15) is 0 Å². The second kappa shape index (κ2) is 5.90. The zero-order chi connectivity index (χ0) is 15.7. The third-order valence-corrected chi connectivity index (χ3v) is 3.87. The molecule has 2 aromatic rings. The molecule has 1 aromatic carbocycles. The van der Waals surface area contributed by atoms with E-state index in [1.54, 1.807) is 0 Å². The first-order valence-corrected chi connectivity index (χ1v) is 7.40. The molecule has 0 aliphatic rings. The highest BCUT2D eigenvalue weighted by Gasteiger charge is 2.19. The summed E-state index contributed by atoms with van der Waals surface area (Å²) < 4.78 is 1.95. The lowest BCUT2D eigenvalue weighted by molar-refractivity contribution is 0.731. The fourth-order valence-corrected chi connectivity index (χ4v) is 2.97. The largest absolute Gasteiger partial charge is 0.329 e. The lowest BCUT2D eigenvalue weighted by atomic mass is 10.1. The summed E-state index contributed by atoms with van der Waals surface area (Å²) in [5.74, 6) is 1.12. The topological polar surface area (TPSA) is 47.1 Å². The van der Waals surface area contributed by atoms with Crippen molar-refractivity contribution in [3.8, 4) is 0 Å². The standard InChI is InChI=1S/C17H26N4/c1-11-7-8-16(12(2)9-11)20(5)17-15(10-13(3)18)14(4)19-21(17)6/h7-9,13H,10,18H2,1-6H3. The van der Waals surface area contributed by atoms with E-state index in [1.165, 1.54) is 22.4 Å². The highest BCUT2D eigenvalue weighted by molar-refractivity contribution is 5.67. The lowest BCUT2D eigenvalue weighted by Crippen LogP contribution is -2.21. The molecule has 0 bridgehead atoms. The van der Waals surface area contributed by atoms with E-state index in [0.717, 1.165) is 17.9 Å². The van der Waals surface area contributed by atoms with Crippen molar-refractivity contribution >= 4 is 11.5 Å². The van der Waals surface area contributed by atoms with Gasteiger partial charge in [0.15, 0.2) is 0 Å². The van der Waals surface area contributed by atoms with Crippen LogP contribution in [0.25, 0.3) is 0 Å². The van der Waals surface area contributed by atoms with Gasteiger partial charge >= 0.3 is 0 Å². The molecule has 2 rings (SSSR count). The minimum atomic E-state index is 0.124. The number of aromatic nitrogens is 2. The van der Waals surface area contributed by atoms with Crippen molar-refractivity contribution in [1.29, 1.82) is 0 Å². The fourth-order valence-electron chi connectivity index (χ4n) is 2.97. The van der Waals surface area contributed by atoms with Gasteiger partial charge in [-0.25, -0.2) is 0 Å². The Morgan fingerprint density at radius 1 is 1.29 bits per heavy atom. The third-order valence-electron chi connectivity index (χ3n) is 3.87. The fraction of sp³-hybridized carbons (Fsp3) is 0.471. The van der Waals surface area contributed by atoms with Gasteiger partial charge in [0.05, 0.1) is 5.69 Å². The predicted molar refractivity (Wildman–Crippen MR) is 89.3 cm³/mol. The summed E-state index contributed by atoms with van der Waals surface area (Å²) in [6.07, 6.45) is 0.838. The Balaban J connectivity index is 2.50. The maximum atomic E-state index is 6.00. The van der Waals surface area contributed by atoms with Crippen LogP contribution in [0.1, 0.15) is 29.3 Å². The SMILES string of the molecule is Cc1ccc(N(C)c2c(CC(C)N)c(C)nn2C)c(C)c1. The number of benzene rings is 1. The molecule has 0 aliphatic carbocycles. The summed E-state index contributed by atoms with van der Waals surface area (Å²) in [5, 5.41) is 4.58. The molecule has 4 heteroatoms. The van der Waals surface area contributed by atoms with Gasteiger partial charge in [-0.15, -0.1) is 0 Å². The molecular weight excluding hydrogens is 260 g/mol. The van der Waals surface area contributed by atoms with Crippen LogP contribution in [-0.4, -0.2) is 22.9 Å². The van der Waals surface area contributed by atoms with Crippen LogP contribution in [0.3, 0.4) is 0 Å². The molecule has 2 N–H and O–H groups in total. The smallest absolute Gasteiger partial charge is 0.134 e. The highest BCUT2D eigenvalue weighted by Crippen LogP contribution is 2.31. The lowest BCUT2D eigenvalue weighted by Gasteiger charge is -2.24. The van der Waals surface area contributed by atoms with E-state index in [0.29, 0.717) is 0 Å². The monoisotopic (exact) mass is 286 g/mol. The van der Waals surface area contributed by atoms with Crippen LogP contribution in [0.4, 0.5) is 11.5 Å². The van der Waals surface area contributed by atoms with E-state index in [2.05, 4.69) is 56.0 Å². The minimum absolute atomic E-state index is 0.124. The highest BCUT2D eigenvalue weighted by atomic mass is 15.4. The van der Waals surface area contributed by atoms with Crippen molar-refractivity contribution in [3.63, 3.8) is 0 Å². The van der Waals surface area contributed by atoms with Crippen LogP contribution < -0.4 is 10.6 Å². The third kappa shape index (κ3) is 3.10. The van der Waals surface area contributed by atoms with Gasteiger partial charge in [-0.3, -0.25) is 4.68 Å². The molecule has 21 heavy (non-hydrogen) atoms. The molecule has 0 spiro atoms. The molecule has 1 heterocycles. The molecule has 1 unspecified atom stereocenters. The number of hydrogen-bond acceptors (Lipinski definition) is 3. The zero-order valence-corrected chi connectivity index (χ0v) is 13.9. The van der Waals surface area contributed by atoms with Crippen LogP contribution in [-0.2, 0) is 13.5 Å². The first kappa shape index (κ1) is 15.6. The van der Waals surface area contributed by atoms with E-state index in [4.69, 9.17) is 5.73 Å². The molecule has 0 fully saturated rings. The normalized spacial score (nSPS) is 12.5. The Bertz CT molecular complexity index is 640. The number of anilines is 2. The van der Waals surface area contributed by atoms with Crippen molar-refractivity contribution in [2.24, 2.45) is 12.8 Å². The average Bonchev–Trinajstić information content (AvgIpc) is 2.62. The van der Waals surface area contributed by atoms with Gasteiger partial charge in [0.25, 0.3) is 0 Å². The molecule has 0 amide bonds. The number of nitrogens with two attached hydrogens (primary N) is 1. The molecule has 0 radical (unpaired) electrons. The Hall–Kier alpha value is -1.81. The van der Waals surface area contributed by atoms with Gasteiger partial charge < -0.3 is 10.6 Å². The number of rotatable bonds is 4. The van der Waals surface area contributed by atoms with E-state index < -0.39 is 0 Å². The summed E-state index contributed by atoms with van der Waals surface area (Å²) in [6.45, 7) is 8.35. The Kier molecular flexibility index (Phi) is 4.37. The number of hydrogen-bond donors (Lipinski definition) is 1. The van der Waals surface area contributed by atoms with Crippen LogP contribution >= 0.6 is 0 Å². The Labute approximate surface area is 127 Å². The van der Waals surface area contributed by atoms with Crippen LogP contribution in [0.15, 0.2) is 18.2 Å². The predicted octanol–water partition coefficient (Wildman–Crippen LogP) is 3.00. The van der Waals surface area contributed by atoms with Gasteiger partial charge in [-0.05, 0) is 45.7 Å². The molecule has 0 saturated heterocycles. The van der Waals surface area contributed by atoms with Crippen molar-refractivity contribution in [1.82, 2.24) is 9.78 Å². The van der Waals surface area contributed by atoms with Gasteiger partial charge in [0, 0.05) is 31.4 Å². The van der Waals surface area contributed by atoms with E-state index >= 15 is 0 Å². The van der Waals surface area contributed by atoms with Gasteiger partial charge in [0.2, 0.25) is 0 Å². The van der Waals surface area contributed by atoms with Crippen molar-refractivity contribution in [3.05, 3.63) is 40.6 Å². The molecule has 1 aromatic heterocycles. The number of aryl methyl sites for hydroxylation is 4. The van der Waals surface area contributed by atoms with Gasteiger partial charge in [-0.2, -0.15) is 5.10 Å². The van der Waals surface area contributed by atoms with E-state index in [1.807, 2.05) is 18.7 Å². The first-order chi connectivity index (χ1) is 9.81. The molecule has 4 nitrogen and oxygen atoms in total. The van der Waals surface area contributed by atoms with Crippen molar-refractivity contribution in [2.45, 2.75) is 40.2 Å². The quantitative estimate of drug-likeness (QED) is 0.940. The zero-order valence-electron chi connectivity index (χ0n) is 13.9. The summed E-state index contributed by atoms with van der Waals surface area (Å²) in [5.41, 5.74) is 12.0.